The lowest BCUT2D eigenvalue weighted by molar-refractivity contribution is -0.134. The number of nitrogens with zero attached hydrogens (tertiary/aromatic N) is 4. The van der Waals surface area contributed by atoms with Gasteiger partial charge in [0.2, 0.25) is 17.8 Å². The van der Waals surface area contributed by atoms with Gasteiger partial charge >= 0.3 is 0 Å². The van der Waals surface area contributed by atoms with Crippen LogP contribution in [0.15, 0.2) is 6.20 Å². The van der Waals surface area contributed by atoms with Gasteiger partial charge in [-0.1, -0.05) is 6.92 Å². The summed E-state index contributed by atoms with van der Waals surface area (Å²) in [5.74, 6) is 1.36. The second-order valence-electron chi connectivity index (χ2n) is 7.71. The number of carbonyl (C=O) groups excluding carboxylic acids is 2. The molecule has 3 N–H and O–H groups in total. The van der Waals surface area contributed by atoms with Gasteiger partial charge in [0.15, 0.2) is 0 Å². The number of aromatic nitrogens is 2. The molecule has 30 heavy (non-hydrogen) atoms. The van der Waals surface area contributed by atoms with E-state index < -0.39 is 0 Å². The second kappa shape index (κ2) is 14.5. The van der Waals surface area contributed by atoms with Crippen LogP contribution in [-0.2, 0) is 16.0 Å². The Kier molecular flexibility index (Phi) is 12.4. The van der Waals surface area contributed by atoms with Crippen molar-refractivity contribution in [2.45, 2.75) is 45.4 Å². The number of nitrogens with one attached hydrogen (secondary N) is 3. The zero-order valence-electron chi connectivity index (χ0n) is 19.3. The Morgan fingerprint density at radius 1 is 1.10 bits per heavy atom. The van der Waals surface area contributed by atoms with Crippen molar-refractivity contribution >= 4 is 23.6 Å². The van der Waals surface area contributed by atoms with Gasteiger partial charge in [-0.3, -0.25) is 9.59 Å². The molecule has 0 aromatic carbocycles. The summed E-state index contributed by atoms with van der Waals surface area (Å²) in [5.41, 5.74) is 1.08. The lowest BCUT2D eigenvalue weighted by Crippen LogP contribution is -2.38. The molecule has 0 bridgehead atoms. The van der Waals surface area contributed by atoms with Gasteiger partial charge in [0, 0.05) is 45.4 Å². The lowest BCUT2D eigenvalue weighted by Gasteiger charge is -2.17. The second-order valence-corrected chi connectivity index (χ2v) is 7.71. The molecule has 1 aromatic heterocycles. The molecule has 0 saturated carbocycles. The predicted molar refractivity (Wildman–Crippen MR) is 122 cm³/mol. The average Bonchev–Trinajstić information content (AvgIpc) is 2.71. The number of likely N-dealkylation sites (N-methyl/N-ethyl adjacent to an activating group) is 1. The Bertz CT molecular complexity index is 652. The third-order valence-electron chi connectivity index (χ3n) is 4.63. The number of rotatable bonds is 15. The van der Waals surface area contributed by atoms with Crippen molar-refractivity contribution in [2.24, 2.45) is 0 Å². The van der Waals surface area contributed by atoms with E-state index in [1.54, 1.807) is 14.1 Å². The predicted octanol–water partition coefficient (Wildman–Crippen LogP) is 1.58. The molecular weight excluding hydrogens is 382 g/mol. The topological polar surface area (TPSA) is 102 Å². The third-order valence-corrected chi connectivity index (χ3v) is 4.63. The fourth-order valence-electron chi connectivity index (χ4n) is 2.87. The van der Waals surface area contributed by atoms with Crippen molar-refractivity contribution in [1.82, 2.24) is 25.1 Å². The van der Waals surface area contributed by atoms with Crippen LogP contribution in [0, 0.1) is 0 Å². The van der Waals surface area contributed by atoms with Crippen molar-refractivity contribution in [1.29, 1.82) is 0 Å². The van der Waals surface area contributed by atoms with Gasteiger partial charge in [0.25, 0.3) is 0 Å². The van der Waals surface area contributed by atoms with Crippen molar-refractivity contribution in [2.75, 3.05) is 65.0 Å². The molecule has 0 fully saturated rings. The van der Waals surface area contributed by atoms with E-state index in [1.165, 1.54) is 4.90 Å². The van der Waals surface area contributed by atoms with Crippen LogP contribution in [0.1, 0.15) is 44.6 Å². The van der Waals surface area contributed by atoms with E-state index >= 15 is 0 Å². The van der Waals surface area contributed by atoms with Crippen molar-refractivity contribution in [3.63, 3.8) is 0 Å². The molecule has 1 heterocycles. The van der Waals surface area contributed by atoms with E-state index in [2.05, 4.69) is 32.8 Å². The Morgan fingerprint density at radius 3 is 2.53 bits per heavy atom. The average molecular weight is 422 g/mol. The van der Waals surface area contributed by atoms with Crippen LogP contribution in [0.3, 0.4) is 0 Å². The van der Waals surface area contributed by atoms with E-state index in [4.69, 9.17) is 0 Å². The molecule has 0 radical (unpaired) electrons. The van der Waals surface area contributed by atoms with Gasteiger partial charge in [-0.05, 0) is 52.7 Å². The molecule has 1 rings (SSSR count). The van der Waals surface area contributed by atoms with Crippen LogP contribution >= 0.6 is 0 Å². The Labute approximate surface area is 181 Å². The van der Waals surface area contributed by atoms with Gasteiger partial charge in [-0.2, -0.15) is 4.98 Å². The molecule has 0 saturated heterocycles. The summed E-state index contributed by atoms with van der Waals surface area (Å²) < 4.78 is 0. The number of unbranched alkanes of at least 4 members (excludes halogenated alkanes) is 1. The fraction of sp³-hybridized carbons (Fsp3) is 0.714. The molecular formula is C21H39N7O2. The number of aryl methyl sites for hydroxylation is 1. The molecule has 170 valence electrons. The zero-order valence-corrected chi connectivity index (χ0v) is 19.3. The van der Waals surface area contributed by atoms with Crippen LogP contribution in [0.4, 0.5) is 11.8 Å². The van der Waals surface area contributed by atoms with Gasteiger partial charge in [0.05, 0.1) is 6.54 Å². The largest absolute Gasteiger partial charge is 0.370 e. The van der Waals surface area contributed by atoms with Crippen LogP contribution < -0.4 is 16.0 Å². The molecule has 9 nitrogen and oxygen atoms in total. The Morgan fingerprint density at radius 2 is 1.87 bits per heavy atom. The molecule has 0 unspecified atom stereocenters. The van der Waals surface area contributed by atoms with E-state index in [1.807, 2.05) is 25.2 Å². The molecule has 9 heteroatoms. The maximum absolute atomic E-state index is 12.1. The first-order valence-electron chi connectivity index (χ1n) is 10.8. The molecule has 0 spiro atoms. The summed E-state index contributed by atoms with van der Waals surface area (Å²) in [4.78, 5) is 36.5. The molecule has 0 aliphatic rings. The summed E-state index contributed by atoms with van der Waals surface area (Å²) in [6, 6.07) is 0. The molecule has 1 aromatic rings. The number of hydrogen-bond donors (Lipinski definition) is 3. The zero-order chi connectivity index (χ0) is 22.4. The first-order valence-corrected chi connectivity index (χ1v) is 10.8. The quantitative estimate of drug-likeness (QED) is 0.370. The normalized spacial score (nSPS) is 10.7. The highest BCUT2D eigenvalue weighted by Gasteiger charge is 2.12. The summed E-state index contributed by atoms with van der Waals surface area (Å²) in [5, 5.41) is 9.21. The summed E-state index contributed by atoms with van der Waals surface area (Å²) in [7, 11) is 7.44. The van der Waals surface area contributed by atoms with Crippen LogP contribution in [-0.4, -0.2) is 86.0 Å². The standard InChI is InChI=1S/C21H39N7O2/c1-6-12-24-20-17(15-25-21(22-2)26-20)10-7-8-13-23-18(29)16-28(5)19(30)11-9-14-27(3)4/h15H,6-14,16H2,1-5H3,(H,23,29)(H2,22,24,25,26). The molecule has 0 atom stereocenters. The van der Waals surface area contributed by atoms with Crippen molar-refractivity contribution < 1.29 is 9.59 Å². The minimum atomic E-state index is -0.120. The minimum Gasteiger partial charge on any atom is -0.370 e. The van der Waals surface area contributed by atoms with Gasteiger partial charge < -0.3 is 25.8 Å². The molecule has 0 aliphatic carbocycles. The van der Waals surface area contributed by atoms with Gasteiger partial charge in [0.1, 0.15) is 5.82 Å². The minimum absolute atomic E-state index is 0.00382. The van der Waals surface area contributed by atoms with Crippen molar-refractivity contribution in [3.8, 4) is 0 Å². The van der Waals surface area contributed by atoms with Crippen LogP contribution in [0.25, 0.3) is 0 Å². The number of anilines is 2. The summed E-state index contributed by atoms with van der Waals surface area (Å²) in [6.45, 7) is 4.54. The fourth-order valence-corrected chi connectivity index (χ4v) is 2.87. The highest BCUT2D eigenvalue weighted by Crippen LogP contribution is 2.16. The number of carbonyl (C=O) groups is 2. The monoisotopic (exact) mass is 421 g/mol. The lowest BCUT2D eigenvalue weighted by atomic mass is 10.1. The van der Waals surface area contributed by atoms with E-state index in [9.17, 15) is 9.59 Å². The first-order chi connectivity index (χ1) is 14.4. The number of hydrogen-bond acceptors (Lipinski definition) is 7. The van der Waals surface area contributed by atoms with Gasteiger partial charge in [-0.25, -0.2) is 4.98 Å². The van der Waals surface area contributed by atoms with Crippen LogP contribution in [0.2, 0.25) is 0 Å². The Hall–Kier alpha value is -2.42. The molecule has 0 aliphatic heterocycles. The summed E-state index contributed by atoms with van der Waals surface area (Å²) >= 11 is 0. The van der Waals surface area contributed by atoms with E-state index in [0.717, 1.165) is 56.6 Å². The number of amides is 2. The highest BCUT2D eigenvalue weighted by molar-refractivity contribution is 5.84. The van der Waals surface area contributed by atoms with Crippen molar-refractivity contribution in [3.05, 3.63) is 11.8 Å². The third kappa shape index (κ3) is 10.4. The first kappa shape index (κ1) is 25.6. The van der Waals surface area contributed by atoms with E-state index in [-0.39, 0.29) is 18.4 Å². The highest BCUT2D eigenvalue weighted by atomic mass is 16.2. The SMILES string of the molecule is CCCNc1nc(NC)ncc1CCCCNC(=O)CN(C)C(=O)CCCN(C)C. The van der Waals surface area contributed by atoms with Crippen LogP contribution in [0.5, 0.6) is 0 Å². The van der Waals surface area contributed by atoms with Gasteiger partial charge in [-0.15, -0.1) is 0 Å². The van der Waals surface area contributed by atoms with E-state index in [0.29, 0.717) is 18.9 Å². The maximum atomic E-state index is 12.1. The molecule has 2 amide bonds. The maximum Gasteiger partial charge on any atom is 0.239 e. The summed E-state index contributed by atoms with van der Waals surface area (Å²) in [6.07, 6.45) is 6.76. The smallest absolute Gasteiger partial charge is 0.239 e. The Balaban J connectivity index is 2.30.